The van der Waals surface area contributed by atoms with Crippen LogP contribution in [0.2, 0.25) is 0 Å². The summed E-state index contributed by atoms with van der Waals surface area (Å²) in [6, 6.07) is 1.59. The zero-order valence-corrected chi connectivity index (χ0v) is 7.01. The van der Waals surface area contributed by atoms with E-state index in [9.17, 15) is 13.6 Å². The number of carbonyl (C=O) groups excluding carboxylic acids is 1. The number of furan rings is 1. The van der Waals surface area contributed by atoms with Crippen LogP contribution in [0.15, 0.2) is 16.7 Å². The summed E-state index contributed by atoms with van der Waals surface area (Å²) in [5, 5.41) is 2.04. The Morgan fingerprint density at radius 3 is 2.85 bits per heavy atom. The molecule has 13 heavy (non-hydrogen) atoms. The smallest absolute Gasteiger partial charge is 0.287 e. The predicted molar refractivity (Wildman–Crippen MR) is 41.8 cm³/mol. The molecule has 1 amide bonds. The average molecular weight is 189 g/mol. The number of hydrogen-bond donors (Lipinski definition) is 1. The van der Waals surface area contributed by atoms with E-state index < -0.39 is 18.9 Å². The maximum Gasteiger partial charge on any atom is 0.287 e. The summed E-state index contributed by atoms with van der Waals surface area (Å²) < 4.78 is 28.2. The van der Waals surface area contributed by atoms with Crippen LogP contribution < -0.4 is 5.32 Å². The molecule has 0 aliphatic heterocycles. The van der Waals surface area contributed by atoms with Gasteiger partial charge in [0, 0.05) is 5.56 Å². The molecule has 72 valence electrons. The third-order valence-corrected chi connectivity index (χ3v) is 1.49. The zero-order chi connectivity index (χ0) is 9.84. The second-order valence-electron chi connectivity index (χ2n) is 2.53. The average Bonchev–Trinajstić information content (AvgIpc) is 2.47. The van der Waals surface area contributed by atoms with Crippen molar-refractivity contribution in [3.8, 4) is 0 Å². The molecule has 0 aromatic carbocycles. The Labute approximate surface area is 73.7 Å². The minimum Gasteiger partial charge on any atom is -0.459 e. The van der Waals surface area contributed by atoms with E-state index >= 15 is 0 Å². The Hall–Kier alpha value is -1.39. The normalized spacial score (nSPS) is 10.5. The van der Waals surface area contributed by atoms with Crippen molar-refractivity contribution < 1.29 is 18.0 Å². The Bertz CT molecular complexity index is 296. The number of carbonyl (C=O) groups is 1. The van der Waals surface area contributed by atoms with Crippen LogP contribution in [-0.4, -0.2) is 18.9 Å². The third kappa shape index (κ3) is 2.54. The van der Waals surface area contributed by atoms with Gasteiger partial charge in [0.25, 0.3) is 12.3 Å². The molecule has 5 heteroatoms. The highest BCUT2D eigenvalue weighted by Gasteiger charge is 2.13. The van der Waals surface area contributed by atoms with Gasteiger partial charge >= 0.3 is 0 Å². The van der Waals surface area contributed by atoms with E-state index in [0.29, 0.717) is 5.56 Å². The quantitative estimate of drug-likeness (QED) is 0.784. The van der Waals surface area contributed by atoms with Gasteiger partial charge in [0.05, 0.1) is 12.8 Å². The maximum atomic E-state index is 11.7. The Kier molecular flexibility index (Phi) is 3.00. The van der Waals surface area contributed by atoms with E-state index in [1.165, 1.54) is 6.26 Å². The highest BCUT2D eigenvalue weighted by Crippen LogP contribution is 2.08. The van der Waals surface area contributed by atoms with Gasteiger partial charge in [-0.25, -0.2) is 8.78 Å². The van der Waals surface area contributed by atoms with Crippen LogP contribution in [-0.2, 0) is 0 Å². The number of halogens is 2. The zero-order valence-electron chi connectivity index (χ0n) is 7.01. The second kappa shape index (κ2) is 4.02. The molecule has 0 saturated heterocycles. The summed E-state index contributed by atoms with van der Waals surface area (Å²) in [7, 11) is 0. The molecule has 0 radical (unpaired) electrons. The number of aryl methyl sites for hydroxylation is 1. The van der Waals surface area contributed by atoms with Crippen LogP contribution in [0, 0.1) is 6.92 Å². The molecule has 1 aromatic rings. The van der Waals surface area contributed by atoms with Crippen molar-refractivity contribution in [3.05, 3.63) is 23.7 Å². The summed E-state index contributed by atoms with van der Waals surface area (Å²) in [4.78, 5) is 11.1. The van der Waals surface area contributed by atoms with Gasteiger partial charge in [-0.1, -0.05) is 0 Å². The Balaban J connectivity index is 2.54. The lowest BCUT2D eigenvalue weighted by atomic mass is 10.3. The topological polar surface area (TPSA) is 42.2 Å². The van der Waals surface area contributed by atoms with E-state index in [1.807, 2.05) is 5.32 Å². The van der Waals surface area contributed by atoms with Gasteiger partial charge in [-0.15, -0.1) is 0 Å². The fourth-order valence-corrected chi connectivity index (χ4v) is 0.855. The lowest BCUT2D eigenvalue weighted by Gasteiger charge is -2.01. The Morgan fingerprint density at radius 2 is 2.38 bits per heavy atom. The predicted octanol–water partition coefficient (Wildman–Crippen LogP) is 1.58. The molecule has 1 aromatic heterocycles. The minimum atomic E-state index is -2.54. The van der Waals surface area contributed by atoms with Crippen LogP contribution >= 0.6 is 0 Å². The molecule has 0 bridgehead atoms. The molecule has 0 aliphatic rings. The van der Waals surface area contributed by atoms with Crippen LogP contribution in [0.3, 0.4) is 0 Å². The van der Waals surface area contributed by atoms with Crippen LogP contribution in [0.1, 0.15) is 16.1 Å². The van der Waals surface area contributed by atoms with Crippen LogP contribution in [0.5, 0.6) is 0 Å². The summed E-state index contributed by atoms with van der Waals surface area (Å²) in [6.07, 6.45) is -1.20. The van der Waals surface area contributed by atoms with Crippen molar-refractivity contribution >= 4 is 5.91 Å². The number of rotatable bonds is 3. The van der Waals surface area contributed by atoms with Crippen molar-refractivity contribution in [2.75, 3.05) is 6.54 Å². The maximum absolute atomic E-state index is 11.7. The van der Waals surface area contributed by atoms with E-state index in [0.717, 1.165) is 0 Å². The third-order valence-electron chi connectivity index (χ3n) is 1.49. The van der Waals surface area contributed by atoms with Crippen molar-refractivity contribution in [2.24, 2.45) is 0 Å². The standard InChI is InChI=1S/C8H9F2NO2/c1-5-2-3-13-7(5)8(12)11-4-6(9)10/h2-3,6H,4H2,1H3,(H,11,12). The van der Waals surface area contributed by atoms with Gasteiger partial charge in [-0.3, -0.25) is 4.79 Å². The van der Waals surface area contributed by atoms with Gasteiger partial charge in [-0.05, 0) is 13.0 Å². The molecule has 1 N–H and O–H groups in total. The van der Waals surface area contributed by atoms with E-state index in [2.05, 4.69) is 0 Å². The molecule has 1 rings (SSSR count). The fraction of sp³-hybridized carbons (Fsp3) is 0.375. The van der Waals surface area contributed by atoms with Gasteiger partial charge in [0.2, 0.25) is 0 Å². The van der Waals surface area contributed by atoms with E-state index in [1.54, 1.807) is 13.0 Å². The highest BCUT2D eigenvalue weighted by molar-refractivity contribution is 5.92. The number of hydrogen-bond acceptors (Lipinski definition) is 2. The number of alkyl halides is 2. The summed E-state index contributed by atoms with van der Waals surface area (Å²) in [6.45, 7) is 1.01. The summed E-state index contributed by atoms with van der Waals surface area (Å²) in [5.74, 6) is -0.525. The Morgan fingerprint density at radius 1 is 1.69 bits per heavy atom. The van der Waals surface area contributed by atoms with Crippen molar-refractivity contribution in [1.29, 1.82) is 0 Å². The second-order valence-corrected chi connectivity index (χ2v) is 2.53. The fourth-order valence-electron chi connectivity index (χ4n) is 0.855. The van der Waals surface area contributed by atoms with Gasteiger partial charge < -0.3 is 9.73 Å². The van der Waals surface area contributed by atoms with Crippen molar-refractivity contribution in [3.63, 3.8) is 0 Å². The first-order valence-corrected chi connectivity index (χ1v) is 3.71. The molecule has 0 fully saturated rings. The SMILES string of the molecule is Cc1ccoc1C(=O)NCC(F)F. The lowest BCUT2D eigenvalue weighted by Crippen LogP contribution is -2.28. The molecule has 0 aliphatic carbocycles. The first-order valence-electron chi connectivity index (χ1n) is 3.71. The van der Waals surface area contributed by atoms with Crippen LogP contribution in [0.4, 0.5) is 8.78 Å². The van der Waals surface area contributed by atoms with Crippen molar-refractivity contribution in [1.82, 2.24) is 5.32 Å². The largest absolute Gasteiger partial charge is 0.459 e. The van der Waals surface area contributed by atoms with Crippen LogP contribution in [0.25, 0.3) is 0 Å². The monoisotopic (exact) mass is 189 g/mol. The molecule has 0 spiro atoms. The molecular weight excluding hydrogens is 180 g/mol. The number of nitrogens with one attached hydrogen (secondary N) is 1. The van der Waals surface area contributed by atoms with E-state index in [4.69, 9.17) is 4.42 Å². The summed E-state index contributed by atoms with van der Waals surface area (Å²) in [5.41, 5.74) is 0.631. The van der Waals surface area contributed by atoms with E-state index in [-0.39, 0.29) is 5.76 Å². The molecule has 0 saturated carbocycles. The first-order chi connectivity index (χ1) is 6.11. The number of amides is 1. The highest BCUT2D eigenvalue weighted by atomic mass is 19.3. The minimum absolute atomic E-state index is 0.0839. The van der Waals surface area contributed by atoms with Gasteiger partial charge in [0.15, 0.2) is 5.76 Å². The van der Waals surface area contributed by atoms with Gasteiger partial charge in [0.1, 0.15) is 0 Å². The summed E-state index contributed by atoms with van der Waals surface area (Å²) >= 11 is 0. The van der Waals surface area contributed by atoms with Crippen molar-refractivity contribution in [2.45, 2.75) is 13.3 Å². The molecule has 0 atom stereocenters. The van der Waals surface area contributed by atoms with Gasteiger partial charge in [-0.2, -0.15) is 0 Å². The molecule has 3 nitrogen and oxygen atoms in total. The molecule has 1 heterocycles. The molecular formula is C8H9F2NO2. The lowest BCUT2D eigenvalue weighted by molar-refractivity contribution is 0.0864. The first kappa shape index (κ1) is 9.70. The molecule has 0 unspecified atom stereocenters.